The molecule has 2 rings (SSSR count). The lowest BCUT2D eigenvalue weighted by atomic mass is 10.2. The summed E-state index contributed by atoms with van der Waals surface area (Å²) < 4.78 is 5.61. The summed E-state index contributed by atoms with van der Waals surface area (Å²) in [5.41, 5.74) is 6.48. The molecule has 0 saturated carbocycles. The van der Waals surface area contributed by atoms with Crippen LogP contribution in [0.25, 0.3) is 0 Å². The number of para-hydroxylation sites is 1. The largest absolute Gasteiger partial charge is 0.482 e. The number of hydrogen-bond donors (Lipinski definition) is 1. The van der Waals surface area contributed by atoms with E-state index in [1.165, 1.54) is 12.8 Å². The molecule has 1 fully saturated rings. The average Bonchev–Trinajstić information content (AvgIpc) is 2.74. The Morgan fingerprint density at radius 1 is 1.25 bits per heavy atom. The van der Waals surface area contributed by atoms with Crippen molar-refractivity contribution in [1.29, 1.82) is 0 Å². The molecule has 1 aliphatic heterocycles. The topological polar surface area (TPSA) is 55.6 Å². The zero-order chi connectivity index (χ0) is 14.4. The van der Waals surface area contributed by atoms with E-state index in [1.54, 1.807) is 6.07 Å². The SMILES string of the molecule is NCc1cccc(Cl)c1OCC(=O)N1CCCCCC1. The third kappa shape index (κ3) is 3.87. The molecule has 0 atom stereocenters. The Balaban J connectivity index is 1.96. The minimum Gasteiger partial charge on any atom is -0.482 e. The van der Waals surface area contributed by atoms with Crippen molar-refractivity contribution in [3.8, 4) is 5.75 Å². The number of halogens is 1. The maximum atomic E-state index is 12.2. The molecule has 1 amide bonds. The highest BCUT2D eigenvalue weighted by atomic mass is 35.5. The van der Waals surface area contributed by atoms with E-state index in [-0.39, 0.29) is 12.5 Å². The van der Waals surface area contributed by atoms with E-state index >= 15 is 0 Å². The normalized spacial score (nSPS) is 15.8. The summed E-state index contributed by atoms with van der Waals surface area (Å²) in [6.07, 6.45) is 4.55. The van der Waals surface area contributed by atoms with Gasteiger partial charge >= 0.3 is 0 Å². The van der Waals surface area contributed by atoms with Crippen LogP contribution >= 0.6 is 11.6 Å². The molecule has 0 aliphatic carbocycles. The Kier molecular flexibility index (Phi) is 5.68. The molecular formula is C15H21ClN2O2. The van der Waals surface area contributed by atoms with Gasteiger partial charge in [-0.05, 0) is 18.9 Å². The molecule has 2 N–H and O–H groups in total. The molecule has 5 heteroatoms. The van der Waals surface area contributed by atoms with Crippen molar-refractivity contribution in [2.75, 3.05) is 19.7 Å². The van der Waals surface area contributed by atoms with Crippen LogP contribution in [0, 0.1) is 0 Å². The van der Waals surface area contributed by atoms with Crippen LogP contribution in [0.4, 0.5) is 0 Å². The van der Waals surface area contributed by atoms with Gasteiger partial charge in [-0.1, -0.05) is 36.6 Å². The first-order valence-electron chi connectivity index (χ1n) is 7.10. The number of carbonyl (C=O) groups excluding carboxylic acids is 1. The van der Waals surface area contributed by atoms with Gasteiger partial charge in [0.25, 0.3) is 5.91 Å². The number of rotatable bonds is 4. The van der Waals surface area contributed by atoms with Crippen molar-refractivity contribution in [2.45, 2.75) is 32.2 Å². The summed E-state index contributed by atoms with van der Waals surface area (Å²) in [6, 6.07) is 5.43. The molecule has 110 valence electrons. The monoisotopic (exact) mass is 296 g/mol. The molecule has 0 bridgehead atoms. The van der Waals surface area contributed by atoms with Crippen LogP contribution in [-0.2, 0) is 11.3 Å². The van der Waals surface area contributed by atoms with Gasteiger partial charge in [-0.25, -0.2) is 0 Å². The molecule has 0 spiro atoms. The maximum absolute atomic E-state index is 12.2. The summed E-state index contributed by atoms with van der Waals surface area (Å²) in [6.45, 7) is 2.02. The fourth-order valence-electron chi connectivity index (χ4n) is 2.42. The molecular weight excluding hydrogens is 276 g/mol. The molecule has 1 aromatic rings. The zero-order valence-electron chi connectivity index (χ0n) is 11.6. The fraction of sp³-hybridized carbons (Fsp3) is 0.533. The maximum Gasteiger partial charge on any atom is 0.260 e. The second-order valence-electron chi connectivity index (χ2n) is 5.02. The molecule has 1 aliphatic rings. The first-order valence-corrected chi connectivity index (χ1v) is 7.48. The van der Waals surface area contributed by atoms with Crippen LogP contribution in [0.3, 0.4) is 0 Å². The third-order valence-corrected chi connectivity index (χ3v) is 3.86. The van der Waals surface area contributed by atoms with Gasteiger partial charge < -0.3 is 15.4 Å². The lowest BCUT2D eigenvalue weighted by molar-refractivity contribution is -0.133. The summed E-state index contributed by atoms with van der Waals surface area (Å²) >= 11 is 6.10. The lowest BCUT2D eigenvalue weighted by Gasteiger charge is -2.21. The number of nitrogens with zero attached hydrogens (tertiary/aromatic N) is 1. The highest BCUT2D eigenvalue weighted by molar-refractivity contribution is 6.32. The van der Waals surface area contributed by atoms with Crippen molar-refractivity contribution < 1.29 is 9.53 Å². The highest BCUT2D eigenvalue weighted by Crippen LogP contribution is 2.28. The Morgan fingerprint density at radius 2 is 1.95 bits per heavy atom. The van der Waals surface area contributed by atoms with Gasteiger partial charge in [0.2, 0.25) is 0 Å². The van der Waals surface area contributed by atoms with Gasteiger partial charge in [0.15, 0.2) is 6.61 Å². The van der Waals surface area contributed by atoms with Gasteiger partial charge in [0, 0.05) is 25.2 Å². The summed E-state index contributed by atoms with van der Waals surface area (Å²) in [4.78, 5) is 14.0. The Bertz CT molecular complexity index is 457. The van der Waals surface area contributed by atoms with E-state index in [2.05, 4.69) is 0 Å². The molecule has 0 unspecified atom stereocenters. The van der Waals surface area contributed by atoms with Crippen LogP contribution < -0.4 is 10.5 Å². The minimum absolute atomic E-state index is 0.0230. The number of benzene rings is 1. The number of hydrogen-bond acceptors (Lipinski definition) is 3. The van der Waals surface area contributed by atoms with Crippen molar-refractivity contribution in [1.82, 2.24) is 4.90 Å². The summed E-state index contributed by atoms with van der Waals surface area (Å²) in [7, 11) is 0. The Morgan fingerprint density at radius 3 is 2.60 bits per heavy atom. The predicted octanol–water partition coefficient (Wildman–Crippen LogP) is 2.58. The molecule has 1 saturated heterocycles. The summed E-state index contributed by atoms with van der Waals surface area (Å²) in [5, 5.41) is 0.497. The number of carbonyl (C=O) groups is 1. The van der Waals surface area contributed by atoms with Crippen LogP contribution in [0.5, 0.6) is 5.75 Å². The van der Waals surface area contributed by atoms with Crippen LogP contribution in [0.2, 0.25) is 5.02 Å². The molecule has 1 aromatic carbocycles. The van der Waals surface area contributed by atoms with Crippen LogP contribution in [-0.4, -0.2) is 30.5 Å². The van der Waals surface area contributed by atoms with E-state index in [0.717, 1.165) is 31.5 Å². The number of nitrogens with two attached hydrogens (primary N) is 1. The van der Waals surface area contributed by atoms with E-state index in [1.807, 2.05) is 17.0 Å². The molecule has 20 heavy (non-hydrogen) atoms. The van der Waals surface area contributed by atoms with Crippen LogP contribution in [0.1, 0.15) is 31.2 Å². The van der Waals surface area contributed by atoms with E-state index in [9.17, 15) is 4.79 Å². The Labute approximate surface area is 124 Å². The number of amides is 1. The van der Waals surface area contributed by atoms with Gasteiger partial charge in [-0.2, -0.15) is 0 Å². The van der Waals surface area contributed by atoms with E-state index in [4.69, 9.17) is 22.1 Å². The molecule has 0 radical (unpaired) electrons. The quantitative estimate of drug-likeness (QED) is 0.929. The van der Waals surface area contributed by atoms with Crippen molar-refractivity contribution >= 4 is 17.5 Å². The molecule has 1 heterocycles. The van der Waals surface area contributed by atoms with Crippen LogP contribution in [0.15, 0.2) is 18.2 Å². The number of ether oxygens (including phenoxy) is 1. The second-order valence-corrected chi connectivity index (χ2v) is 5.42. The van der Waals surface area contributed by atoms with Gasteiger partial charge in [-0.15, -0.1) is 0 Å². The number of likely N-dealkylation sites (tertiary alicyclic amines) is 1. The van der Waals surface area contributed by atoms with Crippen molar-refractivity contribution in [3.05, 3.63) is 28.8 Å². The van der Waals surface area contributed by atoms with Crippen molar-refractivity contribution in [3.63, 3.8) is 0 Å². The predicted molar refractivity (Wildman–Crippen MR) is 79.9 cm³/mol. The van der Waals surface area contributed by atoms with E-state index in [0.29, 0.717) is 17.3 Å². The average molecular weight is 297 g/mol. The van der Waals surface area contributed by atoms with Gasteiger partial charge in [0.05, 0.1) is 5.02 Å². The molecule has 4 nitrogen and oxygen atoms in total. The standard InChI is InChI=1S/C15H21ClN2O2/c16-13-7-5-6-12(10-17)15(13)20-11-14(19)18-8-3-1-2-4-9-18/h5-7H,1-4,8-11,17H2. The lowest BCUT2D eigenvalue weighted by Crippen LogP contribution is -2.35. The van der Waals surface area contributed by atoms with Gasteiger partial charge in [-0.3, -0.25) is 4.79 Å². The fourth-order valence-corrected chi connectivity index (χ4v) is 2.67. The zero-order valence-corrected chi connectivity index (χ0v) is 12.4. The smallest absolute Gasteiger partial charge is 0.260 e. The first-order chi connectivity index (χ1) is 9.72. The van der Waals surface area contributed by atoms with Gasteiger partial charge in [0.1, 0.15) is 5.75 Å². The van der Waals surface area contributed by atoms with Crippen molar-refractivity contribution in [2.24, 2.45) is 5.73 Å². The second kappa shape index (κ2) is 7.50. The van der Waals surface area contributed by atoms with E-state index < -0.39 is 0 Å². The third-order valence-electron chi connectivity index (χ3n) is 3.57. The molecule has 0 aromatic heterocycles. The first kappa shape index (κ1) is 15.1. The Hall–Kier alpha value is -1.26. The minimum atomic E-state index is 0.0230. The summed E-state index contributed by atoms with van der Waals surface area (Å²) in [5.74, 6) is 0.551. The highest BCUT2D eigenvalue weighted by Gasteiger charge is 2.17.